The standard InChI is InChI=1S/C13H25N3O3S/c1-3-16(11-4-6-14-8-11)9-13(17)15(2)12-5-7-20(18,19)10-12/h11-12,14H,3-10H2,1-2H3. The molecule has 2 aliphatic rings. The van der Waals surface area contributed by atoms with E-state index in [1.807, 2.05) is 0 Å². The smallest absolute Gasteiger partial charge is 0.236 e. The summed E-state index contributed by atoms with van der Waals surface area (Å²) in [4.78, 5) is 16.2. The number of carbonyl (C=O) groups is 1. The van der Waals surface area contributed by atoms with Gasteiger partial charge in [-0.05, 0) is 25.9 Å². The van der Waals surface area contributed by atoms with Gasteiger partial charge in [0.2, 0.25) is 5.91 Å². The molecule has 1 N–H and O–H groups in total. The van der Waals surface area contributed by atoms with E-state index in [0.717, 1.165) is 26.1 Å². The molecule has 0 spiro atoms. The summed E-state index contributed by atoms with van der Waals surface area (Å²) in [5.74, 6) is 0.354. The first-order valence-electron chi connectivity index (χ1n) is 7.34. The zero-order valence-electron chi connectivity index (χ0n) is 12.3. The molecule has 0 aliphatic carbocycles. The Labute approximate surface area is 121 Å². The van der Waals surface area contributed by atoms with Gasteiger partial charge in [-0.3, -0.25) is 9.69 Å². The minimum Gasteiger partial charge on any atom is -0.341 e. The molecule has 2 atom stereocenters. The van der Waals surface area contributed by atoms with Crippen molar-refractivity contribution < 1.29 is 13.2 Å². The second-order valence-electron chi connectivity index (χ2n) is 5.77. The minimum atomic E-state index is -2.94. The third-order valence-corrected chi connectivity index (χ3v) is 6.20. The van der Waals surface area contributed by atoms with Gasteiger partial charge in [0.15, 0.2) is 9.84 Å². The molecule has 2 heterocycles. The highest BCUT2D eigenvalue weighted by molar-refractivity contribution is 7.91. The number of nitrogens with zero attached hydrogens (tertiary/aromatic N) is 2. The predicted octanol–water partition coefficient (Wildman–Crippen LogP) is -0.684. The average molecular weight is 303 g/mol. The van der Waals surface area contributed by atoms with Crippen LogP contribution >= 0.6 is 0 Å². The van der Waals surface area contributed by atoms with Crippen molar-refractivity contribution in [3.05, 3.63) is 0 Å². The molecule has 0 aromatic rings. The van der Waals surface area contributed by atoms with E-state index in [1.54, 1.807) is 11.9 Å². The van der Waals surface area contributed by atoms with Gasteiger partial charge >= 0.3 is 0 Å². The molecule has 2 unspecified atom stereocenters. The molecule has 0 bridgehead atoms. The molecule has 1 amide bonds. The summed E-state index contributed by atoms with van der Waals surface area (Å²) < 4.78 is 23.0. The zero-order valence-corrected chi connectivity index (χ0v) is 13.2. The van der Waals surface area contributed by atoms with E-state index in [2.05, 4.69) is 17.1 Å². The maximum absolute atomic E-state index is 12.3. The van der Waals surface area contributed by atoms with Crippen molar-refractivity contribution in [2.45, 2.75) is 31.8 Å². The van der Waals surface area contributed by atoms with Gasteiger partial charge < -0.3 is 10.2 Å². The number of nitrogens with one attached hydrogen (secondary N) is 1. The highest BCUT2D eigenvalue weighted by Gasteiger charge is 2.33. The fourth-order valence-corrected chi connectivity index (χ4v) is 4.79. The van der Waals surface area contributed by atoms with Crippen LogP contribution in [0, 0.1) is 0 Å². The van der Waals surface area contributed by atoms with Gasteiger partial charge in [-0.1, -0.05) is 6.92 Å². The van der Waals surface area contributed by atoms with E-state index >= 15 is 0 Å². The summed E-state index contributed by atoms with van der Waals surface area (Å²) in [6, 6.07) is 0.276. The van der Waals surface area contributed by atoms with E-state index in [-0.39, 0.29) is 23.5 Å². The average Bonchev–Trinajstić information content (AvgIpc) is 3.04. The van der Waals surface area contributed by atoms with Gasteiger partial charge in [-0.15, -0.1) is 0 Å². The Bertz CT molecular complexity index is 446. The Morgan fingerprint density at radius 3 is 2.55 bits per heavy atom. The van der Waals surface area contributed by atoms with E-state index < -0.39 is 9.84 Å². The molecule has 2 fully saturated rings. The number of rotatable bonds is 5. The van der Waals surface area contributed by atoms with Crippen LogP contribution in [-0.4, -0.2) is 80.9 Å². The monoisotopic (exact) mass is 303 g/mol. The lowest BCUT2D eigenvalue weighted by molar-refractivity contribution is -0.133. The Hall–Kier alpha value is -0.660. The first-order valence-corrected chi connectivity index (χ1v) is 9.16. The van der Waals surface area contributed by atoms with Crippen LogP contribution < -0.4 is 5.32 Å². The van der Waals surface area contributed by atoms with Crippen molar-refractivity contribution >= 4 is 15.7 Å². The van der Waals surface area contributed by atoms with E-state index in [9.17, 15) is 13.2 Å². The van der Waals surface area contributed by atoms with Gasteiger partial charge in [-0.2, -0.15) is 0 Å². The van der Waals surface area contributed by atoms with Crippen LogP contribution in [0.2, 0.25) is 0 Å². The van der Waals surface area contributed by atoms with Crippen molar-refractivity contribution in [1.29, 1.82) is 0 Å². The molecular weight excluding hydrogens is 278 g/mol. The van der Waals surface area contributed by atoms with Crippen molar-refractivity contribution in [3.63, 3.8) is 0 Å². The molecule has 6 nitrogen and oxygen atoms in total. The fraction of sp³-hybridized carbons (Fsp3) is 0.923. The Balaban J connectivity index is 1.89. The van der Waals surface area contributed by atoms with E-state index in [0.29, 0.717) is 19.0 Å². The van der Waals surface area contributed by atoms with Crippen LogP contribution in [0.4, 0.5) is 0 Å². The van der Waals surface area contributed by atoms with Gasteiger partial charge in [-0.25, -0.2) is 8.42 Å². The second kappa shape index (κ2) is 6.41. The number of sulfone groups is 1. The molecule has 2 aliphatic heterocycles. The molecule has 2 saturated heterocycles. The molecule has 2 rings (SSSR count). The highest BCUT2D eigenvalue weighted by atomic mass is 32.2. The summed E-state index contributed by atoms with van der Waals surface area (Å²) in [5.41, 5.74) is 0. The molecule has 7 heteroatoms. The summed E-state index contributed by atoms with van der Waals surface area (Å²) in [5, 5.41) is 3.31. The third kappa shape index (κ3) is 3.71. The number of amides is 1. The first-order chi connectivity index (χ1) is 9.43. The van der Waals surface area contributed by atoms with Crippen molar-refractivity contribution in [2.24, 2.45) is 0 Å². The Kier molecular flexibility index (Phi) is 5.04. The lowest BCUT2D eigenvalue weighted by Crippen LogP contribution is -2.47. The quantitative estimate of drug-likeness (QED) is 0.728. The maximum Gasteiger partial charge on any atom is 0.236 e. The Morgan fingerprint density at radius 1 is 1.30 bits per heavy atom. The molecule has 116 valence electrons. The van der Waals surface area contributed by atoms with E-state index in [4.69, 9.17) is 0 Å². The zero-order chi connectivity index (χ0) is 14.8. The van der Waals surface area contributed by atoms with Crippen LogP contribution in [0.25, 0.3) is 0 Å². The minimum absolute atomic E-state index is 0.0286. The topological polar surface area (TPSA) is 69.7 Å². The van der Waals surface area contributed by atoms with Crippen LogP contribution in [0.3, 0.4) is 0 Å². The summed E-state index contributed by atoms with van der Waals surface area (Å²) in [6.45, 7) is 5.23. The van der Waals surface area contributed by atoms with Crippen molar-refractivity contribution in [3.8, 4) is 0 Å². The van der Waals surface area contributed by atoms with Gasteiger partial charge in [0.25, 0.3) is 0 Å². The van der Waals surface area contributed by atoms with Gasteiger partial charge in [0.1, 0.15) is 0 Å². The van der Waals surface area contributed by atoms with Gasteiger partial charge in [0.05, 0.1) is 18.1 Å². The van der Waals surface area contributed by atoms with Crippen molar-refractivity contribution in [2.75, 3.05) is 44.7 Å². The lowest BCUT2D eigenvalue weighted by atomic mass is 10.2. The molecule has 0 radical (unpaired) electrons. The molecular formula is C13H25N3O3S. The maximum atomic E-state index is 12.3. The van der Waals surface area contributed by atoms with Gasteiger partial charge in [0, 0.05) is 25.7 Å². The molecule has 0 aromatic carbocycles. The number of hydrogen-bond donors (Lipinski definition) is 1. The molecule has 20 heavy (non-hydrogen) atoms. The summed E-state index contributed by atoms with van der Waals surface area (Å²) in [7, 11) is -1.21. The third-order valence-electron chi connectivity index (χ3n) is 4.44. The first kappa shape index (κ1) is 15.7. The normalized spacial score (nSPS) is 28.9. The SMILES string of the molecule is CCN(CC(=O)N(C)C1CCS(=O)(=O)C1)C1CCNC1. The van der Waals surface area contributed by atoms with Crippen LogP contribution in [-0.2, 0) is 14.6 Å². The number of hydrogen-bond acceptors (Lipinski definition) is 5. The second-order valence-corrected chi connectivity index (χ2v) is 8.00. The predicted molar refractivity (Wildman–Crippen MR) is 78.4 cm³/mol. The Morgan fingerprint density at radius 2 is 2.05 bits per heavy atom. The van der Waals surface area contributed by atoms with E-state index in [1.165, 1.54) is 0 Å². The highest BCUT2D eigenvalue weighted by Crippen LogP contribution is 2.17. The van der Waals surface area contributed by atoms with Crippen LogP contribution in [0.5, 0.6) is 0 Å². The lowest BCUT2D eigenvalue weighted by Gasteiger charge is -2.30. The number of likely N-dealkylation sites (N-methyl/N-ethyl adjacent to an activating group) is 2. The summed E-state index contributed by atoms with van der Waals surface area (Å²) in [6.07, 6.45) is 1.64. The fourth-order valence-electron chi connectivity index (χ4n) is 3.02. The largest absolute Gasteiger partial charge is 0.341 e. The van der Waals surface area contributed by atoms with Crippen LogP contribution in [0.15, 0.2) is 0 Å². The van der Waals surface area contributed by atoms with Crippen molar-refractivity contribution in [1.82, 2.24) is 15.1 Å². The van der Waals surface area contributed by atoms with Crippen LogP contribution in [0.1, 0.15) is 19.8 Å². The molecule has 0 saturated carbocycles. The number of carbonyl (C=O) groups excluding carboxylic acids is 1. The summed E-state index contributed by atoms with van der Waals surface area (Å²) >= 11 is 0. The molecule has 0 aromatic heterocycles.